The highest BCUT2D eigenvalue weighted by Gasteiger charge is 2.15. The monoisotopic (exact) mass is 296 g/mol. The zero-order valence-electron chi connectivity index (χ0n) is 9.87. The molecule has 0 aliphatic carbocycles. The van der Waals surface area contributed by atoms with E-state index in [1.165, 1.54) is 12.1 Å². The summed E-state index contributed by atoms with van der Waals surface area (Å²) in [6.45, 7) is 4.92. The number of benzene rings is 1. The van der Waals surface area contributed by atoms with E-state index in [1.54, 1.807) is 12.1 Å². The van der Waals surface area contributed by atoms with Gasteiger partial charge in [-0.2, -0.15) is 5.10 Å². The van der Waals surface area contributed by atoms with E-state index >= 15 is 0 Å². The van der Waals surface area contributed by atoms with Crippen LogP contribution in [0.2, 0.25) is 0 Å². The lowest BCUT2D eigenvalue weighted by molar-refractivity contribution is 0.627. The predicted molar refractivity (Wildman–Crippen MR) is 70.4 cm³/mol. The first-order chi connectivity index (χ1) is 8.17. The van der Waals surface area contributed by atoms with Gasteiger partial charge in [-0.3, -0.25) is 4.68 Å². The highest BCUT2D eigenvalue weighted by molar-refractivity contribution is 9.10. The van der Waals surface area contributed by atoms with Crippen LogP contribution >= 0.6 is 15.9 Å². The van der Waals surface area contributed by atoms with Gasteiger partial charge in [0.15, 0.2) is 0 Å². The maximum atomic E-state index is 12.9. The van der Waals surface area contributed by atoms with Gasteiger partial charge < -0.3 is 0 Å². The van der Waals surface area contributed by atoms with Gasteiger partial charge >= 0.3 is 0 Å². The topological polar surface area (TPSA) is 17.8 Å². The van der Waals surface area contributed by atoms with Crippen molar-refractivity contribution in [3.05, 3.63) is 40.2 Å². The van der Waals surface area contributed by atoms with Crippen molar-refractivity contribution < 1.29 is 4.39 Å². The molecule has 0 aliphatic rings. The Morgan fingerprint density at radius 3 is 2.41 bits per heavy atom. The third-order valence-corrected chi connectivity index (χ3v) is 3.55. The Morgan fingerprint density at radius 2 is 1.88 bits per heavy atom. The van der Waals surface area contributed by atoms with Crippen molar-refractivity contribution in [1.29, 1.82) is 0 Å². The molecule has 1 aromatic carbocycles. The molecule has 17 heavy (non-hydrogen) atoms. The van der Waals surface area contributed by atoms with Crippen molar-refractivity contribution >= 4 is 15.9 Å². The highest BCUT2D eigenvalue weighted by Crippen LogP contribution is 2.31. The van der Waals surface area contributed by atoms with Crippen molar-refractivity contribution in [1.82, 2.24) is 9.78 Å². The summed E-state index contributed by atoms with van der Waals surface area (Å²) in [5.41, 5.74) is 3.03. The molecule has 2 rings (SSSR count). The van der Waals surface area contributed by atoms with Crippen LogP contribution in [0.4, 0.5) is 4.39 Å². The number of hydrogen-bond donors (Lipinski definition) is 0. The second kappa shape index (κ2) is 5.00. The quantitative estimate of drug-likeness (QED) is 0.836. The SMILES string of the molecule is CCc1nn(CC)c(-c2ccc(F)cc2)c1Br. The van der Waals surface area contributed by atoms with Crippen LogP contribution in [0.25, 0.3) is 11.3 Å². The van der Waals surface area contributed by atoms with Gasteiger partial charge in [0.25, 0.3) is 0 Å². The zero-order chi connectivity index (χ0) is 12.4. The lowest BCUT2D eigenvalue weighted by Gasteiger charge is -2.05. The minimum absolute atomic E-state index is 0.219. The van der Waals surface area contributed by atoms with Gasteiger partial charge in [-0.1, -0.05) is 6.92 Å². The molecule has 0 amide bonds. The van der Waals surface area contributed by atoms with Gasteiger partial charge in [0, 0.05) is 12.1 Å². The van der Waals surface area contributed by atoms with Crippen molar-refractivity contribution in [3.63, 3.8) is 0 Å². The van der Waals surface area contributed by atoms with Gasteiger partial charge in [0.1, 0.15) is 5.82 Å². The Balaban J connectivity index is 2.57. The first-order valence-corrected chi connectivity index (χ1v) is 6.47. The molecule has 0 spiro atoms. The van der Waals surface area contributed by atoms with Crippen LogP contribution < -0.4 is 0 Å². The third-order valence-electron chi connectivity index (χ3n) is 2.71. The number of aryl methyl sites for hydroxylation is 2. The van der Waals surface area contributed by atoms with Gasteiger partial charge in [-0.25, -0.2) is 4.39 Å². The molecule has 0 bridgehead atoms. The summed E-state index contributed by atoms with van der Waals surface area (Å²) >= 11 is 3.58. The van der Waals surface area contributed by atoms with Gasteiger partial charge in [0.05, 0.1) is 15.9 Å². The molecule has 0 unspecified atom stereocenters. The largest absolute Gasteiger partial charge is 0.264 e. The van der Waals surface area contributed by atoms with Crippen LogP contribution in [-0.4, -0.2) is 9.78 Å². The lowest BCUT2D eigenvalue weighted by atomic mass is 10.1. The summed E-state index contributed by atoms with van der Waals surface area (Å²) in [4.78, 5) is 0. The number of halogens is 2. The second-order valence-corrected chi connectivity index (χ2v) is 4.58. The Hall–Kier alpha value is -1.16. The first-order valence-electron chi connectivity index (χ1n) is 5.68. The van der Waals surface area contributed by atoms with E-state index in [1.807, 2.05) is 11.6 Å². The fourth-order valence-electron chi connectivity index (χ4n) is 1.83. The molecule has 0 fully saturated rings. The van der Waals surface area contributed by atoms with Crippen molar-refractivity contribution in [2.75, 3.05) is 0 Å². The van der Waals surface area contributed by atoms with E-state index in [2.05, 4.69) is 28.0 Å². The lowest BCUT2D eigenvalue weighted by Crippen LogP contribution is -1.99. The maximum absolute atomic E-state index is 12.9. The molecule has 1 aromatic heterocycles. The fraction of sp³-hybridized carbons (Fsp3) is 0.308. The Morgan fingerprint density at radius 1 is 1.24 bits per heavy atom. The molecule has 0 atom stereocenters. The minimum atomic E-state index is -0.219. The van der Waals surface area contributed by atoms with Crippen LogP contribution in [0.5, 0.6) is 0 Å². The molecular formula is C13H14BrFN2. The summed E-state index contributed by atoms with van der Waals surface area (Å²) in [5.74, 6) is -0.219. The molecule has 0 saturated carbocycles. The highest BCUT2D eigenvalue weighted by atomic mass is 79.9. The summed E-state index contributed by atoms with van der Waals surface area (Å²) in [5, 5.41) is 4.52. The molecule has 0 radical (unpaired) electrons. The van der Waals surface area contributed by atoms with Gasteiger partial charge in [-0.05, 0) is 53.5 Å². The molecule has 4 heteroatoms. The average Bonchev–Trinajstić information content (AvgIpc) is 2.67. The molecule has 90 valence electrons. The molecule has 2 aromatic rings. The maximum Gasteiger partial charge on any atom is 0.123 e. The normalized spacial score (nSPS) is 10.8. The number of nitrogens with zero attached hydrogens (tertiary/aromatic N) is 2. The smallest absolute Gasteiger partial charge is 0.123 e. The van der Waals surface area contributed by atoms with Crippen molar-refractivity contribution in [2.45, 2.75) is 26.8 Å². The second-order valence-electron chi connectivity index (χ2n) is 3.79. The number of hydrogen-bond acceptors (Lipinski definition) is 1. The van der Waals surface area contributed by atoms with Gasteiger partial charge in [0.2, 0.25) is 0 Å². The Kier molecular flexibility index (Phi) is 3.62. The van der Waals surface area contributed by atoms with Crippen LogP contribution in [-0.2, 0) is 13.0 Å². The van der Waals surface area contributed by atoms with E-state index in [4.69, 9.17) is 0 Å². The average molecular weight is 297 g/mol. The third kappa shape index (κ3) is 2.27. The molecule has 0 saturated heterocycles. The zero-order valence-corrected chi connectivity index (χ0v) is 11.5. The van der Waals surface area contributed by atoms with E-state index in [0.29, 0.717) is 0 Å². The molecular weight excluding hydrogens is 283 g/mol. The molecule has 1 heterocycles. The van der Waals surface area contributed by atoms with E-state index < -0.39 is 0 Å². The number of rotatable bonds is 3. The number of aromatic nitrogens is 2. The summed E-state index contributed by atoms with van der Waals surface area (Å²) < 4.78 is 15.9. The van der Waals surface area contributed by atoms with E-state index in [-0.39, 0.29) is 5.82 Å². The van der Waals surface area contributed by atoms with Crippen LogP contribution in [0.15, 0.2) is 28.7 Å². The summed E-state index contributed by atoms with van der Waals surface area (Å²) in [7, 11) is 0. The van der Waals surface area contributed by atoms with Gasteiger partial charge in [-0.15, -0.1) is 0 Å². The fourth-order valence-corrected chi connectivity index (χ4v) is 2.62. The van der Waals surface area contributed by atoms with Crippen molar-refractivity contribution in [2.24, 2.45) is 0 Å². The molecule has 2 nitrogen and oxygen atoms in total. The van der Waals surface area contributed by atoms with Crippen LogP contribution in [0, 0.1) is 5.82 Å². The molecule has 0 N–H and O–H groups in total. The minimum Gasteiger partial charge on any atom is -0.264 e. The molecule has 0 aliphatic heterocycles. The first kappa shape index (κ1) is 12.3. The van der Waals surface area contributed by atoms with Crippen LogP contribution in [0.1, 0.15) is 19.5 Å². The van der Waals surface area contributed by atoms with Crippen molar-refractivity contribution in [3.8, 4) is 11.3 Å². The summed E-state index contributed by atoms with van der Waals surface area (Å²) in [6.07, 6.45) is 0.877. The van der Waals surface area contributed by atoms with Crippen LogP contribution in [0.3, 0.4) is 0 Å². The Bertz CT molecular complexity index is 517. The van der Waals surface area contributed by atoms with E-state index in [0.717, 1.165) is 34.4 Å². The summed E-state index contributed by atoms with van der Waals surface area (Å²) in [6, 6.07) is 6.51. The Labute approximate surface area is 109 Å². The predicted octanol–water partition coefficient (Wildman–Crippen LogP) is 4.03. The standard InChI is InChI=1S/C13H14BrFN2/c1-3-11-12(14)13(17(4-2)16-11)9-5-7-10(15)8-6-9/h5-8H,3-4H2,1-2H3. The van der Waals surface area contributed by atoms with E-state index in [9.17, 15) is 4.39 Å².